The van der Waals surface area contributed by atoms with Crippen LogP contribution in [-0.4, -0.2) is 15.7 Å². The summed E-state index contributed by atoms with van der Waals surface area (Å²) >= 11 is 1.56. The van der Waals surface area contributed by atoms with Crippen LogP contribution in [0.2, 0.25) is 0 Å². The van der Waals surface area contributed by atoms with Crippen LogP contribution in [0.4, 0.5) is 5.69 Å². The number of thiophene rings is 1. The largest absolute Gasteiger partial charge is 0.324 e. The molecule has 4 aromatic rings. The predicted molar refractivity (Wildman–Crippen MR) is 111 cm³/mol. The number of hydrogen-bond donors (Lipinski definition) is 1. The first-order chi connectivity index (χ1) is 13.0. The number of carbonyl (C=O) groups is 1. The van der Waals surface area contributed by atoms with Crippen molar-refractivity contribution in [2.45, 2.75) is 26.8 Å². The number of benzene rings is 2. The van der Waals surface area contributed by atoms with Gasteiger partial charge in [-0.3, -0.25) is 9.59 Å². The number of aryl methyl sites for hydroxylation is 2. The molecule has 0 saturated heterocycles. The number of fused-ring (bicyclic) bond motifs is 3. The summed E-state index contributed by atoms with van der Waals surface area (Å²) in [5.74, 6) is -0.266. The van der Waals surface area contributed by atoms with Gasteiger partial charge in [0.2, 0.25) is 5.91 Å². The summed E-state index contributed by atoms with van der Waals surface area (Å²) in [7, 11) is 0. The zero-order chi connectivity index (χ0) is 19.1. The summed E-state index contributed by atoms with van der Waals surface area (Å²) < 4.78 is 3.22. The van der Waals surface area contributed by atoms with Crippen LogP contribution in [0.25, 0.3) is 20.2 Å². The molecule has 2 heterocycles. The molecule has 136 valence electrons. The van der Waals surface area contributed by atoms with Gasteiger partial charge in [-0.25, -0.2) is 4.68 Å². The first-order valence-corrected chi connectivity index (χ1v) is 9.56. The number of amides is 1. The Morgan fingerprint density at radius 1 is 1.11 bits per heavy atom. The third-order valence-corrected chi connectivity index (χ3v) is 6.03. The van der Waals surface area contributed by atoms with Gasteiger partial charge in [0.1, 0.15) is 6.04 Å². The van der Waals surface area contributed by atoms with Crippen LogP contribution in [-0.2, 0) is 4.79 Å². The summed E-state index contributed by atoms with van der Waals surface area (Å²) in [6, 6.07) is 14.6. The van der Waals surface area contributed by atoms with Gasteiger partial charge in [0.05, 0.1) is 15.8 Å². The van der Waals surface area contributed by atoms with E-state index in [4.69, 9.17) is 0 Å². The van der Waals surface area contributed by atoms with Gasteiger partial charge in [-0.1, -0.05) is 36.4 Å². The monoisotopic (exact) mass is 377 g/mol. The van der Waals surface area contributed by atoms with Crippen LogP contribution in [0, 0.1) is 13.8 Å². The molecular weight excluding hydrogens is 358 g/mol. The second-order valence-corrected chi connectivity index (χ2v) is 7.67. The maximum atomic E-state index is 13.1. The summed E-state index contributed by atoms with van der Waals surface area (Å²) in [6.45, 7) is 5.50. The summed E-state index contributed by atoms with van der Waals surface area (Å²) in [5.41, 5.74) is 2.22. The molecule has 0 aliphatic heterocycles. The topological polar surface area (TPSA) is 64.0 Å². The van der Waals surface area contributed by atoms with Crippen LogP contribution >= 0.6 is 11.3 Å². The van der Waals surface area contributed by atoms with Gasteiger partial charge in [0, 0.05) is 15.8 Å². The maximum absolute atomic E-state index is 13.1. The molecule has 4 rings (SSSR count). The second kappa shape index (κ2) is 6.63. The van der Waals surface area contributed by atoms with Gasteiger partial charge < -0.3 is 5.32 Å². The molecule has 1 unspecified atom stereocenters. The fourth-order valence-corrected chi connectivity index (χ4v) is 4.34. The van der Waals surface area contributed by atoms with Gasteiger partial charge in [-0.15, -0.1) is 11.3 Å². The minimum Gasteiger partial charge on any atom is -0.324 e. The minimum absolute atomic E-state index is 0.236. The van der Waals surface area contributed by atoms with E-state index < -0.39 is 6.04 Å². The van der Waals surface area contributed by atoms with Crippen molar-refractivity contribution in [2.75, 3.05) is 5.32 Å². The second-order valence-electron chi connectivity index (χ2n) is 6.62. The molecule has 2 aromatic carbocycles. The van der Waals surface area contributed by atoms with E-state index in [0.29, 0.717) is 5.39 Å². The van der Waals surface area contributed by atoms with E-state index in [1.807, 2.05) is 62.4 Å². The number of hydrogen-bond acceptors (Lipinski definition) is 4. The Morgan fingerprint density at radius 3 is 2.59 bits per heavy atom. The van der Waals surface area contributed by atoms with Gasteiger partial charge in [-0.2, -0.15) is 5.10 Å². The van der Waals surface area contributed by atoms with E-state index in [1.54, 1.807) is 18.3 Å². The minimum atomic E-state index is -0.723. The van der Waals surface area contributed by atoms with E-state index >= 15 is 0 Å². The molecule has 0 radical (unpaired) electrons. The Hall–Kier alpha value is -2.99. The first-order valence-electron chi connectivity index (χ1n) is 8.74. The molecule has 0 saturated carbocycles. The molecule has 5 nitrogen and oxygen atoms in total. The van der Waals surface area contributed by atoms with Crippen molar-refractivity contribution in [3.8, 4) is 0 Å². The number of aromatic nitrogens is 2. The van der Waals surface area contributed by atoms with Gasteiger partial charge >= 0.3 is 0 Å². The lowest BCUT2D eigenvalue weighted by molar-refractivity contribution is -0.119. The lowest BCUT2D eigenvalue weighted by atomic mass is 10.1. The summed E-state index contributed by atoms with van der Waals surface area (Å²) in [6.07, 6.45) is 0. The lowest BCUT2D eigenvalue weighted by Gasteiger charge is -2.16. The number of rotatable bonds is 3. The highest BCUT2D eigenvalue weighted by Gasteiger charge is 2.22. The van der Waals surface area contributed by atoms with Crippen LogP contribution in [0.3, 0.4) is 0 Å². The molecular formula is C21H19N3O2S. The Labute approximate surface area is 160 Å². The smallest absolute Gasteiger partial charge is 0.276 e. The summed E-state index contributed by atoms with van der Waals surface area (Å²) in [4.78, 5) is 25.9. The van der Waals surface area contributed by atoms with E-state index in [0.717, 1.165) is 31.7 Å². The highest BCUT2D eigenvalue weighted by molar-refractivity contribution is 7.26. The predicted octanol–water partition coefficient (Wildman–Crippen LogP) is 4.43. The van der Waals surface area contributed by atoms with E-state index in [-0.39, 0.29) is 11.5 Å². The van der Waals surface area contributed by atoms with Crippen molar-refractivity contribution in [3.05, 3.63) is 70.1 Å². The van der Waals surface area contributed by atoms with Crippen LogP contribution in [0.5, 0.6) is 0 Å². The third-order valence-electron chi connectivity index (χ3n) is 4.75. The number of nitrogens with zero attached hydrogens (tertiary/aromatic N) is 2. The molecule has 1 atom stereocenters. The van der Waals surface area contributed by atoms with Crippen LogP contribution in [0.15, 0.2) is 53.3 Å². The van der Waals surface area contributed by atoms with Gasteiger partial charge in [0.15, 0.2) is 0 Å². The Balaban J connectivity index is 1.80. The Bertz CT molecular complexity index is 1240. The van der Waals surface area contributed by atoms with Crippen molar-refractivity contribution < 1.29 is 4.79 Å². The van der Waals surface area contributed by atoms with E-state index in [9.17, 15) is 9.59 Å². The van der Waals surface area contributed by atoms with Crippen molar-refractivity contribution in [1.82, 2.24) is 9.78 Å². The highest BCUT2D eigenvalue weighted by Crippen LogP contribution is 2.32. The molecule has 6 heteroatoms. The van der Waals surface area contributed by atoms with Gasteiger partial charge in [0.25, 0.3) is 5.56 Å². The molecule has 0 bridgehead atoms. The molecule has 0 fully saturated rings. The van der Waals surface area contributed by atoms with Crippen LogP contribution < -0.4 is 10.9 Å². The number of nitrogens with one attached hydrogen (secondary N) is 1. The average Bonchev–Trinajstić information content (AvgIpc) is 3.06. The van der Waals surface area contributed by atoms with Gasteiger partial charge in [-0.05, 0) is 38.5 Å². The Kier molecular flexibility index (Phi) is 4.28. The molecule has 1 amide bonds. The maximum Gasteiger partial charge on any atom is 0.276 e. The Morgan fingerprint density at radius 2 is 1.81 bits per heavy atom. The first kappa shape index (κ1) is 17.4. The number of anilines is 1. The van der Waals surface area contributed by atoms with Crippen molar-refractivity contribution >= 4 is 43.1 Å². The third kappa shape index (κ3) is 2.92. The molecule has 1 N–H and O–H groups in total. The van der Waals surface area contributed by atoms with Crippen LogP contribution in [0.1, 0.15) is 24.2 Å². The van der Waals surface area contributed by atoms with Crippen molar-refractivity contribution in [1.29, 1.82) is 0 Å². The molecule has 27 heavy (non-hydrogen) atoms. The normalized spacial score (nSPS) is 12.4. The fourth-order valence-electron chi connectivity index (χ4n) is 3.20. The summed E-state index contributed by atoms with van der Waals surface area (Å²) in [5, 5.41) is 8.88. The van der Waals surface area contributed by atoms with Crippen molar-refractivity contribution in [3.63, 3.8) is 0 Å². The molecule has 0 aliphatic carbocycles. The molecule has 2 aromatic heterocycles. The quantitative estimate of drug-likeness (QED) is 0.574. The molecule has 0 aliphatic rings. The zero-order valence-corrected chi connectivity index (χ0v) is 16.1. The highest BCUT2D eigenvalue weighted by atomic mass is 32.1. The number of carbonyl (C=O) groups excluding carboxylic acids is 1. The standard InChI is InChI=1S/C21H19N3O2S/c1-12-8-4-6-10-16(12)22-20(25)14(3)24-21(26)18-15-9-5-7-11-17(15)27-19(18)13(2)23-24/h4-11,14H,1-3H3,(H,22,25). The van der Waals surface area contributed by atoms with E-state index in [2.05, 4.69) is 10.4 Å². The van der Waals surface area contributed by atoms with Crippen molar-refractivity contribution in [2.24, 2.45) is 0 Å². The molecule has 0 spiro atoms. The fraction of sp³-hybridized carbons (Fsp3) is 0.190. The van der Waals surface area contributed by atoms with E-state index in [1.165, 1.54) is 4.68 Å². The SMILES string of the molecule is Cc1ccccc1NC(=O)C(C)n1nc(C)c2sc3ccccc3c2c1=O. The zero-order valence-electron chi connectivity index (χ0n) is 15.3. The lowest BCUT2D eigenvalue weighted by Crippen LogP contribution is -2.34. The number of para-hydroxylation sites is 1. The average molecular weight is 377 g/mol.